The molecule has 10 heteroatoms. The van der Waals surface area contributed by atoms with E-state index in [-0.39, 0.29) is 16.2 Å². The van der Waals surface area contributed by atoms with E-state index in [1.165, 1.54) is 6.20 Å². The van der Waals surface area contributed by atoms with Crippen LogP contribution < -0.4 is 10.0 Å². The first kappa shape index (κ1) is 19.5. The zero-order chi connectivity index (χ0) is 19.4. The van der Waals surface area contributed by atoms with Crippen LogP contribution in [0, 0.1) is 5.82 Å². The van der Waals surface area contributed by atoms with Crippen molar-refractivity contribution in [3.05, 3.63) is 64.6 Å². The summed E-state index contributed by atoms with van der Waals surface area (Å²) in [6.07, 6.45) is 5.53. The molecule has 0 saturated carbocycles. The van der Waals surface area contributed by atoms with Gasteiger partial charge in [-0.3, -0.25) is 9.71 Å². The monoisotopic (exact) mass is 426 g/mol. The normalized spacial score (nSPS) is 12.6. The van der Waals surface area contributed by atoms with Gasteiger partial charge < -0.3 is 5.32 Å². The summed E-state index contributed by atoms with van der Waals surface area (Å²) in [6.45, 7) is 1.91. The summed E-state index contributed by atoms with van der Waals surface area (Å²) in [5, 5.41) is 4.96. The molecular weight excluding hydrogens is 411 g/mol. The number of aromatic nitrogens is 2. The lowest BCUT2D eigenvalue weighted by Crippen LogP contribution is -2.19. The Morgan fingerprint density at radius 2 is 2.15 bits per heavy atom. The molecule has 1 atom stereocenters. The molecule has 0 aliphatic heterocycles. The molecule has 0 radical (unpaired) electrons. The SMILES string of the molecule is CC(Cc1cccnc1)Nc1cc(F)c(S(=O)(=O)Nc2nccs2)cc1Cl. The number of halogens is 2. The van der Waals surface area contributed by atoms with Gasteiger partial charge in [-0.1, -0.05) is 17.7 Å². The highest BCUT2D eigenvalue weighted by Crippen LogP contribution is 2.30. The van der Waals surface area contributed by atoms with E-state index in [1.807, 2.05) is 19.1 Å². The van der Waals surface area contributed by atoms with E-state index in [2.05, 4.69) is 20.0 Å². The Labute approximate surface area is 165 Å². The van der Waals surface area contributed by atoms with Crippen LogP contribution in [-0.2, 0) is 16.4 Å². The summed E-state index contributed by atoms with van der Waals surface area (Å²) in [5.41, 5.74) is 1.33. The van der Waals surface area contributed by atoms with E-state index in [9.17, 15) is 12.8 Å². The molecule has 0 aliphatic carbocycles. The lowest BCUT2D eigenvalue weighted by Gasteiger charge is -2.17. The van der Waals surface area contributed by atoms with Crippen LogP contribution in [0.4, 0.5) is 15.2 Å². The van der Waals surface area contributed by atoms with Gasteiger partial charge in [-0.05, 0) is 37.1 Å². The van der Waals surface area contributed by atoms with Gasteiger partial charge in [0.15, 0.2) is 5.13 Å². The molecule has 3 aromatic rings. The molecule has 2 heterocycles. The minimum atomic E-state index is -4.13. The molecule has 3 rings (SSSR count). The average Bonchev–Trinajstić information content (AvgIpc) is 3.10. The smallest absolute Gasteiger partial charge is 0.266 e. The molecule has 142 valence electrons. The number of benzene rings is 1. The first-order valence-electron chi connectivity index (χ1n) is 7.92. The Bertz CT molecular complexity index is 1010. The second-order valence-electron chi connectivity index (χ2n) is 5.82. The first-order chi connectivity index (χ1) is 12.8. The van der Waals surface area contributed by atoms with Crippen molar-refractivity contribution in [1.82, 2.24) is 9.97 Å². The van der Waals surface area contributed by atoms with Crippen LogP contribution in [0.5, 0.6) is 0 Å². The number of hydrogen-bond donors (Lipinski definition) is 2. The van der Waals surface area contributed by atoms with E-state index >= 15 is 0 Å². The quantitative estimate of drug-likeness (QED) is 0.592. The molecule has 0 amide bonds. The first-order valence-corrected chi connectivity index (χ1v) is 10.7. The average molecular weight is 427 g/mol. The van der Waals surface area contributed by atoms with Crippen LogP contribution in [0.1, 0.15) is 12.5 Å². The van der Waals surface area contributed by atoms with Gasteiger partial charge in [0.1, 0.15) is 10.7 Å². The van der Waals surface area contributed by atoms with Gasteiger partial charge in [0.05, 0.1) is 10.7 Å². The molecule has 2 N–H and O–H groups in total. The Kier molecular flexibility index (Phi) is 5.93. The number of thiazole rings is 1. The number of nitrogens with zero attached hydrogens (tertiary/aromatic N) is 2. The Morgan fingerprint density at radius 3 is 2.81 bits per heavy atom. The summed E-state index contributed by atoms with van der Waals surface area (Å²) in [5.74, 6) is -0.903. The van der Waals surface area contributed by atoms with Crippen molar-refractivity contribution in [3.8, 4) is 0 Å². The number of hydrogen-bond acceptors (Lipinski definition) is 6. The maximum absolute atomic E-state index is 14.5. The van der Waals surface area contributed by atoms with Crippen LogP contribution in [-0.4, -0.2) is 24.4 Å². The summed E-state index contributed by atoms with van der Waals surface area (Å²) >= 11 is 7.28. The van der Waals surface area contributed by atoms with Gasteiger partial charge in [0, 0.05) is 30.0 Å². The number of sulfonamides is 1. The van der Waals surface area contributed by atoms with E-state index in [4.69, 9.17) is 11.6 Å². The third-order valence-electron chi connectivity index (χ3n) is 3.63. The van der Waals surface area contributed by atoms with E-state index in [0.717, 1.165) is 29.0 Å². The highest BCUT2D eigenvalue weighted by atomic mass is 35.5. The van der Waals surface area contributed by atoms with Crippen molar-refractivity contribution in [2.75, 3.05) is 10.0 Å². The lowest BCUT2D eigenvalue weighted by atomic mass is 10.1. The van der Waals surface area contributed by atoms with Crippen LogP contribution in [0.15, 0.2) is 53.1 Å². The molecule has 27 heavy (non-hydrogen) atoms. The zero-order valence-corrected chi connectivity index (χ0v) is 16.6. The largest absolute Gasteiger partial charge is 0.381 e. The topological polar surface area (TPSA) is 84.0 Å². The van der Waals surface area contributed by atoms with Crippen LogP contribution in [0.2, 0.25) is 5.02 Å². The van der Waals surface area contributed by atoms with Crippen molar-refractivity contribution in [1.29, 1.82) is 0 Å². The fourth-order valence-electron chi connectivity index (χ4n) is 2.48. The molecule has 0 bridgehead atoms. The third-order valence-corrected chi connectivity index (χ3v) is 6.12. The Morgan fingerprint density at radius 1 is 1.33 bits per heavy atom. The molecule has 1 unspecified atom stereocenters. The third kappa shape index (κ3) is 4.94. The predicted octanol–water partition coefficient (Wildman–Crippen LogP) is 4.17. The molecule has 1 aromatic carbocycles. The predicted molar refractivity (Wildman–Crippen MR) is 105 cm³/mol. The number of nitrogens with one attached hydrogen (secondary N) is 2. The fraction of sp³-hybridized carbons (Fsp3) is 0.176. The molecule has 0 aliphatic rings. The second kappa shape index (κ2) is 8.20. The van der Waals surface area contributed by atoms with E-state index < -0.39 is 20.7 Å². The summed E-state index contributed by atoms with van der Waals surface area (Å²) < 4.78 is 41.5. The maximum Gasteiger partial charge on any atom is 0.266 e. The van der Waals surface area contributed by atoms with Crippen LogP contribution >= 0.6 is 22.9 Å². The van der Waals surface area contributed by atoms with Crippen molar-refractivity contribution in [2.24, 2.45) is 0 Å². The van der Waals surface area contributed by atoms with Crippen molar-refractivity contribution < 1.29 is 12.8 Å². The lowest BCUT2D eigenvalue weighted by molar-refractivity contribution is 0.570. The highest BCUT2D eigenvalue weighted by molar-refractivity contribution is 7.93. The van der Waals surface area contributed by atoms with Gasteiger partial charge in [0.2, 0.25) is 0 Å². The molecule has 0 fully saturated rings. The molecule has 2 aromatic heterocycles. The number of anilines is 2. The fourth-order valence-corrected chi connectivity index (χ4v) is 4.64. The zero-order valence-electron chi connectivity index (χ0n) is 14.2. The van der Waals surface area contributed by atoms with E-state index in [0.29, 0.717) is 12.1 Å². The molecule has 0 spiro atoms. The Hall–Kier alpha value is -2.23. The molecular formula is C17H16ClFN4O2S2. The van der Waals surface area contributed by atoms with Crippen LogP contribution in [0.3, 0.4) is 0 Å². The second-order valence-corrected chi connectivity index (χ2v) is 8.77. The molecule has 0 saturated heterocycles. The minimum Gasteiger partial charge on any atom is -0.381 e. The summed E-state index contributed by atoms with van der Waals surface area (Å²) in [7, 11) is -4.13. The van der Waals surface area contributed by atoms with Crippen LogP contribution in [0.25, 0.3) is 0 Å². The number of rotatable bonds is 7. The van der Waals surface area contributed by atoms with Gasteiger partial charge in [0.25, 0.3) is 10.0 Å². The Balaban J connectivity index is 1.78. The van der Waals surface area contributed by atoms with Gasteiger partial charge in [-0.25, -0.2) is 17.8 Å². The van der Waals surface area contributed by atoms with Crippen molar-refractivity contribution in [3.63, 3.8) is 0 Å². The molecule has 6 nitrogen and oxygen atoms in total. The van der Waals surface area contributed by atoms with Gasteiger partial charge in [-0.2, -0.15) is 0 Å². The van der Waals surface area contributed by atoms with Crippen molar-refractivity contribution >= 4 is 43.8 Å². The standard InChI is InChI=1S/C17H16ClFN4O2S2/c1-11(7-12-3-2-4-20-10-12)22-15-9-14(19)16(8-13(15)18)27(24,25)23-17-21-5-6-26-17/h2-6,8-11,22H,7H2,1H3,(H,21,23). The van der Waals surface area contributed by atoms with Crippen molar-refractivity contribution in [2.45, 2.75) is 24.3 Å². The van der Waals surface area contributed by atoms with E-state index in [1.54, 1.807) is 17.8 Å². The van der Waals surface area contributed by atoms with Gasteiger partial charge >= 0.3 is 0 Å². The summed E-state index contributed by atoms with van der Waals surface area (Å²) in [4.78, 5) is 7.35. The van der Waals surface area contributed by atoms with Gasteiger partial charge in [-0.15, -0.1) is 11.3 Å². The highest BCUT2D eigenvalue weighted by Gasteiger charge is 2.23. The number of pyridine rings is 1. The summed E-state index contributed by atoms with van der Waals surface area (Å²) in [6, 6.07) is 5.88. The minimum absolute atomic E-state index is 0.0676. The maximum atomic E-state index is 14.5.